The lowest BCUT2D eigenvalue weighted by Gasteiger charge is -2.33. The summed E-state index contributed by atoms with van der Waals surface area (Å²) in [5.74, 6) is 0. The smallest absolute Gasteiger partial charge is 0.125 e. The Morgan fingerprint density at radius 1 is 1.45 bits per heavy atom. The van der Waals surface area contributed by atoms with E-state index in [1.165, 1.54) is 23.4 Å². The fourth-order valence-electron chi connectivity index (χ4n) is 3.26. The molecule has 0 amide bonds. The minimum Gasteiger partial charge on any atom is -0.381 e. The summed E-state index contributed by atoms with van der Waals surface area (Å²) < 4.78 is 11.4. The van der Waals surface area contributed by atoms with Crippen LogP contribution < -0.4 is 5.32 Å². The molecule has 1 atom stereocenters. The maximum absolute atomic E-state index is 5.89. The molecular weight excluding hydrogens is 272 g/mol. The number of hydrogen-bond acceptors (Lipinski definition) is 5. The van der Waals surface area contributed by atoms with Gasteiger partial charge in [-0.1, -0.05) is 6.92 Å². The molecule has 5 heteroatoms. The molecule has 0 spiro atoms. The summed E-state index contributed by atoms with van der Waals surface area (Å²) in [6.45, 7) is 4.73. The van der Waals surface area contributed by atoms with Crippen molar-refractivity contribution in [3.8, 4) is 0 Å². The zero-order valence-corrected chi connectivity index (χ0v) is 13.2. The van der Waals surface area contributed by atoms with Gasteiger partial charge < -0.3 is 14.8 Å². The van der Waals surface area contributed by atoms with E-state index in [0.29, 0.717) is 6.04 Å². The summed E-state index contributed by atoms with van der Waals surface area (Å²) in [6.07, 6.45) is 5.41. The predicted octanol–water partition coefficient (Wildman–Crippen LogP) is 2.78. The lowest BCUT2D eigenvalue weighted by atomic mass is 9.94. The first-order valence-corrected chi connectivity index (χ1v) is 8.47. The first kappa shape index (κ1) is 14.4. The number of nitrogens with one attached hydrogen (secondary N) is 1. The van der Waals surface area contributed by atoms with E-state index in [9.17, 15) is 0 Å². The van der Waals surface area contributed by atoms with Gasteiger partial charge in [-0.2, -0.15) is 0 Å². The van der Waals surface area contributed by atoms with Crippen LogP contribution in [0.1, 0.15) is 54.2 Å². The van der Waals surface area contributed by atoms with Crippen molar-refractivity contribution in [3.05, 3.63) is 15.6 Å². The van der Waals surface area contributed by atoms with E-state index in [1.807, 2.05) is 18.4 Å². The van der Waals surface area contributed by atoms with E-state index in [2.05, 4.69) is 12.2 Å². The Balaban J connectivity index is 1.91. The van der Waals surface area contributed by atoms with Gasteiger partial charge >= 0.3 is 0 Å². The second kappa shape index (κ2) is 6.10. The highest BCUT2D eigenvalue weighted by atomic mass is 32.1. The number of rotatable bonds is 4. The second-order valence-corrected chi connectivity index (χ2v) is 6.67. The topological polar surface area (TPSA) is 43.4 Å². The molecule has 2 aliphatic rings. The van der Waals surface area contributed by atoms with Gasteiger partial charge in [-0.3, -0.25) is 0 Å². The van der Waals surface area contributed by atoms with E-state index in [-0.39, 0.29) is 5.60 Å². The Morgan fingerprint density at radius 3 is 2.95 bits per heavy atom. The Labute approximate surface area is 124 Å². The first-order valence-electron chi connectivity index (χ1n) is 7.65. The number of aryl methyl sites for hydroxylation is 1. The lowest BCUT2D eigenvalue weighted by molar-refractivity contribution is -0.0948. The monoisotopic (exact) mass is 296 g/mol. The minimum atomic E-state index is -0.211. The highest BCUT2D eigenvalue weighted by Gasteiger charge is 2.39. The van der Waals surface area contributed by atoms with Gasteiger partial charge in [0.05, 0.1) is 5.69 Å². The molecular formula is C15H24N2O2S. The molecule has 4 nitrogen and oxygen atoms in total. The Morgan fingerprint density at radius 2 is 2.25 bits per heavy atom. The average Bonchev–Trinajstić information content (AvgIpc) is 2.94. The number of methoxy groups -OCH3 is 1. The lowest BCUT2D eigenvalue weighted by Crippen LogP contribution is -2.35. The maximum Gasteiger partial charge on any atom is 0.125 e. The van der Waals surface area contributed by atoms with E-state index < -0.39 is 0 Å². The van der Waals surface area contributed by atoms with E-state index in [4.69, 9.17) is 14.5 Å². The predicted molar refractivity (Wildman–Crippen MR) is 80.2 cm³/mol. The van der Waals surface area contributed by atoms with Crippen LogP contribution in [0.3, 0.4) is 0 Å². The number of ether oxygens (including phenoxy) is 2. The van der Waals surface area contributed by atoms with Crippen molar-refractivity contribution in [2.45, 2.75) is 50.7 Å². The molecule has 1 saturated heterocycles. The third-order valence-electron chi connectivity index (χ3n) is 4.48. The highest BCUT2D eigenvalue weighted by molar-refractivity contribution is 7.12. The molecule has 2 heterocycles. The van der Waals surface area contributed by atoms with Crippen LogP contribution in [0.4, 0.5) is 0 Å². The van der Waals surface area contributed by atoms with Crippen molar-refractivity contribution < 1.29 is 9.47 Å². The molecule has 1 N–H and O–H groups in total. The summed E-state index contributed by atoms with van der Waals surface area (Å²) >= 11 is 1.86. The van der Waals surface area contributed by atoms with Crippen molar-refractivity contribution in [2.75, 3.05) is 26.9 Å². The van der Waals surface area contributed by atoms with Gasteiger partial charge in [0.2, 0.25) is 0 Å². The van der Waals surface area contributed by atoms with Crippen molar-refractivity contribution in [3.63, 3.8) is 0 Å². The molecule has 0 bridgehead atoms. The number of fused-ring (bicyclic) bond motifs is 1. The van der Waals surface area contributed by atoms with Gasteiger partial charge in [-0.05, 0) is 25.8 Å². The van der Waals surface area contributed by atoms with Gasteiger partial charge in [0.15, 0.2) is 0 Å². The van der Waals surface area contributed by atoms with Crippen LogP contribution in [0.25, 0.3) is 0 Å². The average molecular weight is 296 g/mol. The van der Waals surface area contributed by atoms with Gasteiger partial charge in [-0.15, -0.1) is 11.3 Å². The molecule has 3 rings (SSSR count). The molecule has 0 saturated carbocycles. The van der Waals surface area contributed by atoms with Crippen LogP contribution in [0, 0.1) is 0 Å². The molecule has 1 unspecified atom stereocenters. The SMILES string of the molecule is CCNC1CCCc2nc(C3(OC)CCOCC3)sc21. The van der Waals surface area contributed by atoms with Crippen molar-refractivity contribution >= 4 is 11.3 Å². The van der Waals surface area contributed by atoms with Crippen LogP contribution in [-0.2, 0) is 21.5 Å². The summed E-state index contributed by atoms with van der Waals surface area (Å²) in [4.78, 5) is 6.39. The number of aromatic nitrogens is 1. The molecule has 0 aromatic carbocycles. The van der Waals surface area contributed by atoms with Crippen LogP contribution in [0.5, 0.6) is 0 Å². The standard InChI is InChI=1S/C15H24N2O2S/c1-3-16-11-5-4-6-12-13(11)20-14(17-12)15(18-2)7-9-19-10-8-15/h11,16H,3-10H2,1-2H3. The number of thiazole rings is 1. The number of nitrogens with zero attached hydrogens (tertiary/aromatic N) is 1. The largest absolute Gasteiger partial charge is 0.381 e. The van der Waals surface area contributed by atoms with Gasteiger partial charge in [0, 0.05) is 44.1 Å². The fourth-order valence-corrected chi connectivity index (χ4v) is 4.71. The highest BCUT2D eigenvalue weighted by Crippen LogP contribution is 2.42. The zero-order valence-electron chi connectivity index (χ0n) is 12.4. The quantitative estimate of drug-likeness (QED) is 0.928. The maximum atomic E-state index is 5.89. The van der Waals surface area contributed by atoms with Crippen LogP contribution in [0.15, 0.2) is 0 Å². The zero-order chi connectivity index (χ0) is 14.0. The second-order valence-electron chi connectivity index (χ2n) is 5.64. The Hall–Kier alpha value is -0.490. The normalized spacial score (nSPS) is 25.4. The molecule has 112 valence electrons. The molecule has 1 aromatic heterocycles. The van der Waals surface area contributed by atoms with Crippen molar-refractivity contribution in [1.82, 2.24) is 10.3 Å². The molecule has 1 aliphatic heterocycles. The third-order valence-corrected chi connectivity index (χ3v) is 5.88. The van der Waals surface area contributed by atoms with Crippen molar-refractivity contribution in [2.24, 2.45) is 0 Å². The molecule has 20 heavy (non-hydrogen) atoms. The third kappa shape index (κ3) is 2.52. The molecule has 1 aliphatic carbocycles. The molecule has 1 aromatic rings. The van der Waals surface area contributed by atoms with Crippen LogP contribution in [0.2, 0.25) is 0 Å². The summed E-state index contributed by atoms with van der Waals surface area (Å²) in [5.41, 5.74) is 1.09. The molecule has 1 fully saturated rings. The summed E-state index contributed by atoms with van der Waals surface area (Å²) in [6, 6.07) is 0.490. The summed E-state index contributed by atoms with van der Waals surface area (Å²) in [5, 5.41) is 4.76. The molecule has 0 radical (unpaired) electrons. The van der Waals surface area contributed by atoms with E-state index >= 15 is 0 Å². The number of hydrogen-bond donors (Lipinski definition) is 1. The first-order chi connectivity index (χ1) is 9.79. The van der Waals surface area contributed by atoms with Gasteiger partial charge in [-0.25, -0.2) is 4.98 Å². The van der Waals surface area contributed by atoms with Gasteiger partial charge in [0.1, 0.15) is 10.6 Å². The Bertz CT molecular complexity index is 455. The van der Waals surface area contributed by atoms with Crippen LogP contribution in [-0.4, -0.2) is 31.9 Å². The fraction of sp³-hybridized carbons (Fsp3) is 0.800. The summed E-state index contributed by atoms with van der Waals surface area (Å²) in [7, 11) is 1.81. The Kier molecular flexibility index (Phi) is 4.40. The van der Waals surface area contributed by atoms with Gasteiger partial charge in [0.25, 0.3) is 0 Å². The minimum absolute atomic E-state index is 0.211. The van der Waals surface area contributed by atoms with Crippen LogP contribution >= 0.6 is 11.3 Å². The van der Waals surface area contributed by atoms with E-state index in [1.54, 1.807) is 0 Å². The van der Waals surface area contributed by atoms with Crippen molar-refractivity contribution in [1.29, 1.82) is 0 Å². The van der Waals surface area contributed by atoms with E-state index in [0.717, 1.165) is 44.0 Å².